The van der Waals surface area contributed by atoms with Crippen LogP contribution < -0.4 is 5.32 Å². The van der Waals surface area contributed by atoms with Gasteiger partial charge in [0, 0.05) is 18.7 Å². The van der Waals surface area contributed by atoms with E-state index in [1.807, 2.05) is 0 Å². The molecule has 18 heavy (non-hydrogen) atoms. The average molecular weight is 253 g/mol. The van der Waals surface area contributed by atoms with E-state index < -0.39 is 0 Å². The van der Waals surface area contributed by atoms with Crippen LogP contribution in [0.3, 0.4) is 0 Å². The molecule has 0 saturated heterocycles. The summed E-state index contributed by atoms with van der Waals surface area (Å²) in [6, 6.07) is 4.60. The van der Waals surface area contributed by atoms with Gasteiger partial charge in [0.1, 0.15) is 11.6 Å². The molecule has 0 saturated carbocycles. The van der Waals surface area contributed by atoms with E-state index >= 15 is 0 Å². The summed E-state index contributed by atoms with van der Waals surface area (Å²) in [6.45, 7) is 4.95. The molecule has 1 unspecified atom stereocenters. The second-order valence-electron chi connectivity index (χ2n) is 4.95. The van der Waals surface area contributed by atoms with Gasteiger partial charge in [0.2, 0.25) is 0 Å². The lowest BCUT2D eigenvalue weighted by atomic mass is 10.1. The predicted molar refractivity (Wildman–Crippen MR) is 73.1 cm³/mol. The van der Waals surface area contributed by atoms with Gasteiger partial charge in [-0.05, 0) is 31.0 Å². The van der Waals surface area contributed by atoms with Crippen LogP contribution in [-0.4, -0.2) is 11.1 Å². The molecular formula is C15H24FNO. The van der Waals surface area contributed by atoms with Crippen molar-refractivity contribution >= 4 is 0 Å². The van der Waals surface area contributed by atoms with E-state index in [9.17, 15) is 9.50 Å². The normalized spacial score (nSPS) is 12.6. The lowest BCUT2D eigenvalue weighted by Crippen LogP contribution is -2.25. The van der Waals surface area contributed by atoms with Crippen LogP contribution in [0, 0.1) is 5.82 Å². The first-order chi connectivity index (χ1) is 8.61. The van der Waals surface area contributed by atoms with Crippen LogP contribution >= 0.6 is 0 Å². The fourth-order valence-electron chi connectivity index (χ4n) is 2.01. The number of hydrogen-bond acceptors (Lipinski definition) is 2. The first-order valence-corrected chi connectivity index (χ1v) is 6.83. The van der Waals surface area contributed by atoms with Crippen molar-refractivity contribution in [1.29, 1.82) is 0 Å². The topological polar surface area (TPSA) is 32.3 Å². The maximum atomic E-state index is 13.1. The lowest BCUT2D eigenvalue weighted by molar-refractivity contribution is 0.462. The molecule has 2 N–H and O–H groups in total. The summed E-state index contributed by atoms with van der Waals surface area (Å²) in [5.74, 6) is -0.398. The zero-order valence-electron chi connectivity index (χ0n) is 11.4. The van der Waals surface area contributed by atoms with Gasteiger partial charge >= 0.3 is 0 Å². The Morgan fingerprint density at radius 3 is 2.67 bits per heavy atom. The molecule has 1 aromatic rings. The number of phenols is 1. The number of rotatable bonds is 8. The van der Waals surface area contributed by atoms with E-state index in [1.54, 1.807) is 6.07 Å². The van der Waals surface area contributed by atoms with Crippen molar-refractivity contribution in [3.8, 4) is 5.75 Å². The summed E-state index contributed by atoms with van der Waals surface area (Å²) in [4.78, 5) is 0. The van der Waals surface area contributed by atoms with Gasteiger partial charge in [-0.15, -0.1) is 0 Å². The third-order valence-corrected chi connectivity index (χ3v) is 3.09. The van der Waals surface area contributed by atoms with Crippen LogP contribution in [0.1, 0.15) is 51.5 Å². The largest absolute Gasteiger partial charge is 0.508 e. The number of unbranched alkanes of at least 4 members (excludes halogenated alkanes) is 3. The number of halogens is 1. The van der Waals surface area contributed by atoms with Crippen molar-refractivity contribution in [3.05, 3.63) is 29.6 Å². The molecule has 0 aliphatic heterocycles. The van der Waals surface area contributed by atoms with E-state index in [0.717, 1.165) is 18.1 Å². The molecule has 1 aromatic carbocycles. The molecule has 0 aromatic heterocycles. The Morgan fingerprint density at radius 1 is 1.22 bits per heavy atom. The Hall–Kier alpha value is -1.09. The molecule has 0 heterocycles. The van der Waals surface area contributed by atoms with Gasteiger partial charge in [0.05, 0.1) is 0 Å². The van der Waals surface area contributed by atoms with Crippen LogP contribution in [0.5, 0.6) is 5.75 Å². The zero-order chi connectivity index (χ0) is 13.4. The minimum Gasteiger partial charge on any atom is -0.508 e. The highest BCUT2D eigenvalue weighted by atomic mass is 19.1. The van der Waals surface area contributed by atoms with Crippen molar-refractivity contribution in [2.24, 2.45) is 0 Å². The zero-order valence-corrected chi connectivity index (χ0v) is 11.4. The highest BCUT2D eigenvalue weighted by Crippen LogP contribution is 2.14. The van der Waals surface area contributed by atoms with E-state index in [2.05, 4.69) is 19.2 Å². The highest BCUT2D eigenvalue weighted by Gasteiger charge is 2.03. The maximum Gasteiger partial charge on any atom is 0.127 e. The predicted octanol–water partition coefficient (Wildman–Crippen LogP) is 3.98. The third-order valence-electron chi connectivity index (χ3n) is 3.09. The fourth-order valence-corrected chi connectivity index (χ4v) is 2.01. The quantitative estimate of drug-likeness (QED) is 0.687. The summed E-state index contributed by atoms with van der Waals surface area (Å²) in [6.07, 6.45) is 6.20. The van der Waals surface area contributed by atoms with Crippen LogP contribution in [-0.2, 0) is 6.54 Å². The molecule has 3 heteroatoms. The Bertz CT molecular complexity index is 334. The first kappa shape index (κ1) is 15.0. The number of hydrogen-bond donors (Lipinski definition) is 2. The van der Waals surface area contributed by atoms with Crippen molar-refractivity contribution in [1.82, 2.24) is 5.32 Å². The Balaban J connectivity index is 2.26. The SMILES string of the molecule is CCCCCCC(C)NCc1cc(O)cc(F)c1. The van der Waals surface area contributed by atoms with Crippen LogP contribution in [0.4, 0.5) is 4.39 Å². The molecule has 2 nitrogen and oxygen atoms in total. The molecule has 0 radical (unpaired) electrons. The Labute approximate surface area is 109 Å². The van der Waals surface area contributed by atoms with Gasteiger partial charge in [0.25, 0.3) is 0 Å². The van der Waals surface area contributed by atoms with E-state index in [-0.39, 0.29) is 11.6 Å². The maximum absolute atomic E-state index is 13.1. The van der Waals surface area contributed by atoms with Crippen molar-refractivity contribution in [2.45, 2.75) is 58.5 Å². The van der Waals surface area contributed by atoms with E-state index in [4.69, 9.17) is 0 Å². The van der Waals surface area contributed by atoms with E-state index in [1.165, 1.54) is 31.7 Å². The molecule has 0 aliphatic carbocycles. The number of phenolic OH excluding ortho intramolecular Hbond substituents is 1. The monoisotopic (exact) mass is 253 g/mol. The third kappa shape index (κ3) is 6.01. The molecule has 0 fully saturated rings. The molecule has 0 amide bonds. The second-order valence-corrected chi connectivity index (χ2v) is 4.95. The van der Waals surface area contributed by atoms with Crippen molar-refractivity contribution in [3.63, 3.8) is 0 Å². The summed E-state index contributed by atoms with van der Waals surface area (Å²) in [7, 11) is 0. The lowest BCUT2D eigenvalue weighted by Gasteiger charge is -2.13. The summed E-state index contributed by atoms with van der Waals surface area (Å²) in [5.41, 5.74) is 0.785. The van der Waals surface area contributed by atoms with Crippen LogP contribution in [0.15, 0.2) is 18.2 Å². The highest BCUT2D eigenvalue weighted by molar-refractivity contribution is 5.28. The van der Waals surface area contributed by atoms with E-state index in [0.29, 0.717) is 12.6 Å². The summed E-state index contributed by atoms with van der Waals surface area (Å²) < 4.78 is 13.1. The van der Waals surface area contributed by atoms with Crippen molar-refractivity contribution in [2.75, 3.05) is 0 Å². The van der Waals surface area contributed by atoms with Crippen LogP contribution in [0.25, 0.3) is 0 Å². The molecule has 0 spiro atoms. The first-order valence-electron chi connectivity index (χ1n) is 6.83. The smallest absolute Gasteiger partial charge is 0.127 e. The minimum absolute atomic E-state index is 0.0117. The van der Waals surface area contributed by atoms with Gasteiger partial charge in [0.15, 0.2) is 0 Å². The molecule has 1 atom stereocenters. The fraction of sp³-hybridized carbons (Fsp3) is 0.600. The van der Waals surface area contributed by atoms with Crippen LogP contribution in [0.2, 0.25) is 0 Å². The minimum atomic E-state index is -0.387. The number of nitrogens with one attached hydrogen (secondary N) is 1. The molecular weight excluding hydrogens is 229 g/mol. The molecule has 102 valence electrons. The van der Waals surface area contributed by atoms with Crippen molar-refractivity contribution < 1.29 is 9.50 Å². The Kier molecular flexibility index (Phi) is 6.73. The molecule has 0 aliphatic rings. The standard InChI is InChI=1S/C15H24FNO/c1-3-4-5-6-7-12(2)17-11-13-8-14(16)10-15(18)9-13/h8-10,12,17-18H,3-7,11H2,1-2H3. The van der Waals surface area contributed by atoms with Gasteiger partial charge < -0.3 is 10.4 Å². The molecule has 0 bridgehead atoms. The summed E-state index contributed by atoms with van der Waals surface area (Å²) >= 11 is 0. The number of benzene rings is 1. The van der Waals surface area contributed by atoms with Gasteiger partial charge in [-0.2, -0.15) is 0 Å². The summed E-state index contributed by atoms with van der Waals surface area (Å²) in [5, 5.41) is 12.6. The number of aromatic hydroxyl groups is 1. The van der Waals surface area contributed by atoms with Gasteiger partial charge in [-0.3, -0.25) is 0 Å². The molecule has 1 rings (SSSR count). The Morgan fingerprint density at radius 2 is 2.00 bits per heavy atom. The van der Waals surface area contributed by atoms with Gasteiger partial charge in [-0.1, -0.05) is 32.6 Å². The average Bonchev–Trinajstić information content (AvgIpc) is 2.31. The van der Waals surface area contributed by atoms with Gasteiger partial charge in [-0.25, -0.2) is 4.39 Å². The second kappa shape index (κ2) is 8.09.